The molecule has 0 saturated carbocycles. The van der Waals surface area contributed by atoms with E-state index < -0.39 is 96.8 Å². The van der Waals surface area contributed by atoms with Crippen molar-refractivity contribution in [2.75, 3.05) is 17.3 Å². The van der Waals surface area contributed by atoms with Gasteiger partial charge < -0.3 is 5.32 Å². The molecular formula is C15H13F7N2O9S3. The summed E-state index contributed by atoms with van der Waals surface area (Å²) in [6, 6.07) is -1.67. The maximum atomic E-state index is 13.8. The van der Waals surface area contributed by atoms with Gasteiger partial charge in [0.2, 0.25) is 5.91 Å². The normalized spacial score (nSPS) is 19.1. The van der Waals surface area contributed by atoms with Gasteiger partial charge in [-0.2, -0.15) is 30.7 Å². The van der Waals surface area contributed by atoms with Crippen molar-refractivity contribution in [3.63, 3.8) is 0 Å². The highest BCUT2D eigenvalue weighted by Gasteiger charge is 2.78. The van der Waals surface area contributed by atoms with Gasteiger partial charge in [-0.3, -0.25) is 14.9 Å². The Hall–Kier alpha value is -2.55. The molecule has 1 amide bonds. The maximum Gasteiger partial charge on any atom is 0.461 e. The average molecular weight is 594 g/mol. The van der Waals surface area contributed by atoms with Crippen LogP contribution in [-0.2, 0) is 34.3 Å². The van der Waals surface area contributed by atoms with Crippen LogP contribution < -0.4 is 5.32 Å². The molecule has 1 aliphatic heterocycles. The predicted molar refractivity (Wildman–Crippen MR) is 103 cm³/mol. The molecule has 0 aromatic heterocycles. The second-order valence-corrected chi connectivity index (χ2v) is 13.6. The lowest BCUT2D eigenvalue weighted by molar-refractivity contribution is -0.388. The molecule has 1 N–H and O–H groups in total. The van der Waals surface area contributed by atoms with E-state index in [9.17, 15) is 70.9 Å². The van der Waals surface area contributed by atoms with E-state index in [0.29, 0.717) is 0 Å². The Kier molecular flexibility index (Phi) is 7.49. The zero-order chi connectivity index (χ0) is 28.1. The summed E-state index contributed by atoms with van der Waals surface area (Å²) in [6.07, 6.45) is -7.12. The minimum absolute atomic E-state index is 0.0323. The van der Waals surface area contributed by atoms with Gasteiger partial charge in [0.05, 0.1) is 21.3 Å². The van der Waals surface area contributed by atoms with E-state index in [4.69, 9.17) is 0 Å². The molecule has 1 aromatic rings. The Morgan fingerprint density at radius 3 is 2.08 bits per heavy atom. The number of carbonyl (C=O) groups is 1. The van der Waals surface area contributed by atoms with E-state index in [1.807, 2.05) is 5.32 Å². The summed E-state index contributed by atoms with van der Waals surface area (Å²) in [6.45, 7) is 0. The molecule has 1 atom stereocenters. The summed E-state index contributed by atoms with van der Waals surface area (Å²) < 4.78 is 163. The molecule has 0 bridgehead atoms. The van der Waals surface area contributed by atoms with Crippen LogP contribution in [0, 0.1) is 10.1 Å². The van der Waals surface area contributed by atoms with Gasteiger partial charge in [0.15, 0.2) is 19.7 Å². The Morgan fingerprint density at radius 2 is 1.64 bits per heavy atom. The number of nitrogens with one attached hydrogen (secondary N) is 1. The van der Waals surface area contributed by atoms with Crippen LogP contribution >= 0.6 is 0 Å². The first-order valence-electron chi connectivity index (χ1n) is 9.04. The molecule has 204 valence electrons. The fourth-order valence-corrected chi connectivity index (χ4v) is 7.23. The van der Waals surface area contributed by atoms with Gasteiger partial charge in [0.1, 0.15) is 10.6 Å². The first kappa shape index (κ1) is 29.7. The van der Waals surface area contributed by atoms with Crippen molar-refractivity contribution in [2.45, 2.75) is 39.6 Å². The van der Waals surface area contributed by atoms with Gasteiger partial charge in [-0.25, -0.2) is 25.3 Å². The third-order valence-electron chi connectivity index (χ3n) is 4.75. The molecule has 1 aromatic carbocycles. The zero-order valence-corrected chi connectivity index (χ0v) is 19.6. The number of hydrogen-bond donors (Lipinski definition) is 1. The second kappa shape index (κ2) is 9.08. The van der Waals surface area contributed by atoms with Gasteiger partial charge in [0.25, 0.3) is 15.5 Å². The lowest BCUT2D eigenvalue weighted by Gasteiger charge is -2.27. The fourth-order valence-electron chi connectivity index (χ4n) is 2.98. The highest BCUT2D eigenvalue weighted by molar-refractivity contribution is 7.93. The summed E-state index contributed by atoms with van der Waals surface area (Å²) >= 11 is 0. The fraction of sp³-hybridized carbons (Fsp3) is 0.533. The lowest BCUT2D eigenvalue weighted by Crippen LogP contribution is -2.55. The van der Waals surface area contributed by atoms with Crippen LogP contribution in [0.5, 0.6) is 0 Å². The van der Waals surface area contributed by atoms with Crippen LogP contribution in [-0.4, -0.2) is 76.7 Å². The van der Waals surface area contributed by atoms with Gasteiger partial charge >= 0.3 is 17.4 Å². The Balaban J connectivity index is 2.46. The van der Waals surface area contributed by atoms with Gasteiger partial charge in [-0.15, -0.1) is 0 Å². The highest BCUT2D eigenvalue weighted by atomic mass is 32.2. The number of nitro groups is 1. The number of sulfone groups is 3. The molecule has 2 rings (SSSR count). The van der Waals surface area contributed by atoms with Crippen LogP contribution in [0.2, 0.25) is 0 Å². The average Bonchev–Trinajstić information content (AvgIpc) is 3.03. The van der Waals surface area contributed by atoms with E-state index in [1.165, 1.54) is 0 Å². The van der Waals surface area contributed by atoms with Crippen LogP contribution in [0.3, 0.4) is 0 Å². The number of rotatable bonds is 8. The first-order valence-corrected chi connectivity index (χ1v) is 14.0. The van der Waals surface area contributed by atoms with Crippen LogP contribution in [0.25, 0.3) is 0 Å². The number of nitro benzene ring substituents is 1. The summed E-state index contributed by atoms with van der Waals surface area (Å²) in [5.41, 5.74) is -1.82. The minimum Gasteiger partial charge on any atom is -0.351 e. The third kappa shape index (κ3) is 5.41. The van der Waals surface area contributed by atoms with E-state index in [-0.39, 0.29) is 24.3 Å². The summed E-state index contributed by atoms with van der Waals surface area (Å²) in [7, 11) is -15.6. The number of amides is 1. The zero-order valence-electron chi connectivity index (χ0n) is 17.1. The predicted octanol–water partition coefficient (Wildman–Crippen LogP) is 1.24. The summed E-state index contributed by atoms with van der Waals surface area (Å²) in [5, 5.41) is 6.44. The molecular weight excluding hydrogens is 581 g/mol. The van der Waals surface area contributed by atoms with E-state index >= 15 is 0 Å². The molecule has 36 heavy (non-hydrogen) atoms. The topological polar surface area (TPSA) is 175 Å². The molecule has 0 radical (unpaired) electrons. The molecule has 1 saturated heterocycles. The quantitative estimate of drug-likeness (QED) is 0.264. The largest absolute Gasteiger partial charge is 0.461 e. The third-order valence-corrected chi connectivity index (χ3v) is 9.98. The second-order valence-electron chi connectivity index (χ2n) is 7.41. The van der Waals surface area contributed by atoms with E-state index in [0.717, 1.165) is 0 Å². The molecule has 1 aliphatic rings. The molecule has 0 unspecified atom stereocenters. The highest BCUT2D eigenvalue weighted by Crippen LogP contribution is 2.51. The Morgan fingerprint density at radius 1 is 1.08 bits per heavy atom. The number of halogens is 7. The number of nitrogens with zero attached hydrogens (tertiary/aromatic N) is 1. The van der Waals surface area contributed by atoms with E-state index in [2.05, 4.69) is 0 Å². The molecule has 21 heteroatoms. The van der Waals surface area contributed by atoms with Crippen LogP contribution in [0.4, 0.5) is 36.4 Å². The summed E-state index contributed by atoms with van der Waals surface area (Å²) in [4.78, 5) is 18.0. The van der Waals surface area contributed by atoms with Gasteiger partial charge in [0, 0.05) is 12.1 Å². The maximum absolute atomic E-state index is 13.8. The van der Waals surface area contributed by atoms with Crippen molar-refractivity contribution in [3.8, 4) is 0 Å². The Labute approximate surface area is 197 Å². The molecule has 11 nitrogen and oxygen atoms in total. The van der Waals surface area contributed by atoms with Crippen LogP contribution in [0.15, 0.2) is 28.0 Å². The molecule has 1 fully saturated rings. The monoisotopic (exact) mass is 594 g/mol. The van der Waals surface area contributed by atoms with Crippen molar-refractivity contribution in [1.29, 1.82) is 0 Å². The van der Waals surface area contributed by atoms with Crippen LogP contribution in [0.1, 0.15) is 6.42 Å². The number of benzene rings is 1. The lowest BCUT2D eigenvalue weighted by atomic mass is 10.3. The minimum atomic E-state index is -7.13. The molecule has 0 spiro atoms. The first-order chi connectivity index (χ1) is 16.0. The molecule has 0 aliphatic carbocycles. The number of carbonyl (C=O) groups excluding carboxylic acids is 1. The van der Waals surface area contributed by atoms with Crippen molar-refractivity contribution >= 4 is 41.1 Å². The summed E-state index contributed by atoms with van der Waals surface area (Å²) in [5.74, 6) is -10.9. The Bertz CT molecular complexity index is 1410. The standard InChI is InChI=1S/C15H13F7N2O9S3/c16-13(17,14(18,19)20)15(21,22)36(32,33)9-1-2-11(10(5-9)24(26)27)35(30,31)7-12(25)23-8-3-4-34(28,29)6-8/h1-2,5,8H,3-4,6-7H2,(H,23,25)/t8-/m0/s1. The van der Waals surface area contributed by atoms with Crippen molar-refractivity contribution in [1.82, 2.24) is 5.32 Å². The SMILES string of the molecule is O=C(CS(=O)(=O)c1ccc(S(=O)(=O)C(F)(F)C(F)(F)C(F)(F)F)cc1[N+](=O)[O-])N[C@H]1CCS(=O)(=O)C1. The van der Waals surface area contributed by atoms with Crippen molar-refractivity contribution in [3.05, 3.63) is 28.3 Å². The van der Waals surface area contributed by atoms with Gasteiger partial charge in [-0.1, -0.05) is 0 Å². The number of alkyl halides is 7. The smallest absolute Gasteiger partial charge is 0.351 e. The van der Waals surface area contributed by atoms with Crippen molar-refractivity contribution in [2.24, 2.45) is 0 Å². The molecule has 1 heterocycles. The van der Waals surface area contributed by atoms with Crippen molar-refractivity contribution < 1.29 is 65.7 Å². The van der Waals surface area contributed by atoms with E-state index in [1.54, 1.807) is 0 Å². The number of hydrogen-bond acceptors (Lipinski definition) is 9. The van der Waals surface area contributed by atoms with Gasteiger partial charge in [-0.05, 0) is 18.6 Å².